The second-order valence-electron chi connectivity index (χ2n) is 8.38. The molecule has 1 saturated heterocycles. The van der Waals surface area contributed by atoms with Crippen LogP contribution >= 0.6 is 0 Å². The summed E-state index contributed by atoms with van der Waals surface area (Å²) in [5, 5.41) is 5.27. The van der Waals surface area contributed by atoms with E-state index in [0.717, 1.165) is 17.1 Å². The number of benzene rings is 1. The molecule has 10 heteroatoms. The van der Waals surface area contributed by atoms with Gasteiger partial charge in [-0.2, -0.15) is 13.2 Å². The van der Waals surface area contributed by atoms with Crippen LogP contribution in [0.25, 0.3) is 0 Å². The molecule has 1 aromatic carbocycles. The summed E-state index contributed by atoms with van der Waals surface area (Å²) in [4.78, 5) is 15.8. The van der Waals surface area contributed by atoms with Gasteiger partial charge >= 0.3 is 13.3 Å². The lowest BCUT2D eigenvalue weighted by Crippen LogP contribution is -2.41. The third kappa shape index (κ3) is 4.85. The topological polar surface area (TPSA) is 72.5 Å². The summed E-state index contributed by atoms with van der Waals surface area (Å²) in [6, 6.07) is 8.25. The van der Waals surface area contributed by atoms with E-state index >= 15 is 0 Å². The van der Waals surface area contributed by atoms with Crippen LogP contribution in [0.5, 0.6) is 0 Å². The highest BCUT2D eigenvalue weighted by Gasteiger charge is 2.51. The van der Waals surface area contributed by atoms with Gasteiger partial charge in [0.2, 0.25) is 0 Å². The van der Waals surface area contributed by atoms with E-state index in [1.54, 1.807) is 0 Å². The first-order valence-corrected chi connectivity index (χ1v) is 9.82. The number of hydrogen-bond donors (Lipinski definition) is 2. The number of aromatic nitrogens is 1. The van der Waals surface area contributed by atoms with E-state index in [1.165, 1.54) is 7.05 Å². The Hall–Kier alpha value is -2.59. The van der Waals surface area contributed by atoms with E-state index in [2.05, 4.69) is 15.6 Å². The highest BCUT2D eigenvalue weighted by molar-refractivity contribution is 6.62. The number of pyridine rings is 1. The molecule has 31 heavy (non-hydrogen) atoms. The molecule has 0 radical (unpaired) electrons. The van der Waals surface area contributed by atoms with Gasteiger partial charge < -0.3 is 19.9 Å². The zero-order valence-corrected chi connectivity index (χ0v) is 18.1. The quantitative estimate of drug-likeness (QED) is 0.705. The highest BCUT2D eigenvalue weighted by Crippen LogP contribution is 2.36. The molecule has 0 atom stereocenters. The number of carbonyl (C=O) groups is 1. The molecule has 1 aliphatic heterocycles. The van der Waals surface area contributed by atoms with Gasteiger partial charge in [0.05, 0.1) is 22.3 Å². The number of anilines is 1. The van der Waals surface area contributed by atoms with Gasteiger partial charge in [-0.15, -0.1) is 0 Å². The first kappa shape index (κ1) is 23.1. The van der Waals surface area contributed by atoms with Crippen molar-refractivity contribution >= 4 is 24.3 Å². The van der Waals surface area contributed by atoms with Crippen molar-refractivity contribution in [1.29, 1.82) is 0 Å². The molecule has 0 unspecified atom stereocenters. The lowest BCUT2D eigenvalue weighted by molar-refractivity contribution is -0.137. The summed E-state index contributed by atoms with van der Waals surface area (Å²) in [7, 11) is 0.865. The molecule has 0 spiro atoms. The van der Waals surface area contributed by atoms with Gasteiger partial charge in [0.1, 0.15) is 5.82 Å². The Bertz CT molecular complexity index is 947. The molecule has 0 saturated carbocycles. The molecule has 2 aromatic rings. The van der Waals surface area contributed by atoms with Crippen LogP contribution in [-0.4, -0.2) is 36.3 Å². The molecular weight excluding hydrogens is 410 g/mol. The van der Waals surface area contributed by atoms with Crippen molar-refractivity contribution < 1.29 is 27.3 Å². The Kier molecular flexibility index (Phi) is 6.08. The summed E-state index contributed by atoms with van der Waals surface area (Å²) in [6.07, 6.45) is -3.88. The zero-order chi connectivity index (χ0) is 23.0. The van der Waals surface area contributed by atoms with E-state index in [4.69, 9.17) is 9.31 Å². The largest absolute Gasteiger partial charge is 0.494 e. The number of nitrogens with zero attached hydrogens (tertiary/aromatic N) is 1. The van der Waals surface area contributed by atoms with Crippen molar-refractivity contribution in [2.75, 3.05) is 12.4 Å². The summed E-state index contributed by atoms with van der Waals surface area (Å²) in [5.41, 5.74) is -0.328. The van der Waals surface area contributed by atoms with E-state index in [0.29, 0.717) is 6.20 Å². The standard InChI is InChI=1S/C21H25BF3N3O3/c1-19(2)20(3,4)31-22(30-19)15-8-6-13(7-9-15)11-27-17-16(18(29)26-5)10-14(12-28-17)21(23,24)25/h6-10,12H,11H2,1-5H3,(H,26,29)(H,27,28). The van der Waals surface area contributed by atoms with Crippen LogP contribution in [0.4, 0.5) is 19.0 Å². The fourth-order valence-corrected chi connectivity index (χ4v) is 3.03. The minimum Gasteiger partial charge on any atom is -0.399 e. The highest BCUT2D eigenvalue weighted by atomic mass is 19.4. The van der Waals surface area contributed by atoms with Crippen molar-refractivity contribution in [3.63, 3.8) is 0 Å². The van der Waals surface area contributed by atoms with Gasteiger partial charge in [-0.1, -0.05) is 24.3 Å². The van der Waals surface area contributed by atoms with Gasteiger partial charge in [0.15, 0.2) is 0 Å². The number of hydrogen-bond acceptors (Lipinski definition) is 5. The Labute approximate surface area is 179 Å². The molecule has 1 fully saturated rings. The van der Waals surface area contributed by atoms with E-state index in [-0.39, 0.29) is 17.9 Å². The van der Waals surface area contributed by atoms with Gasteiger partial charge in [-0.3, -0.25) is 4.79 Å². The first-order valence-electron chi connectivity index (χ1n) is 9.82. The Morgan fingerprint density at radius 1 is 1.10 bits per heavy atom. The molecule has 166 valence electrons. The molecule has 2 N–H and O–H groups in total. The molecule has 2 heterocycles. The van der Waals surface area contributed by atoms with Crippen LogP contribution in [0, 0.1) is 0 Å². The molecule has 1 aromatic heterocycles. The average molecular weight is 435 g/mol. The lowest BCUT2D eigenvalue weighted by atomic mass is 9.79. The van der Waals surface area contributed by atoms with Crippen LogP contribution < -0.4 is 16.1 Å². The van der Waals surface area contributed by atoms with Crippen LogP contribution in [-0.2, 0) is 22.0 Å². The number of amides is 1. The van der Waals surface area contributed by atoms with Crippen LogP contribution in [0.1, 0.15) is 49.2 Å². The van der Waals surface area contributed by atoms with Crippen LogP contribution in [0.15, 0.2) is 36.5 Å². The van der Waals surface area contributed by atoms with E-state index in [1.807, 2.05) is 52.0 Å². The molecule has 1 aliphatic rings. The maximum Gasteiger partial charge on any atom is 0.494 e. The Morgan fingerprint density at radius 2 is 1.68 bits per heavy atom. The maximum absolute atomic E-state index is 13.0. The monoisotopic (exact) mass is 435 g/mol. The van der Waals surface area contributed by atoms with Crippen molar-refractivity contribution in [3.05, 3.63) is 53.2 Å². The van der Waals surface area contributed by atoms with Gasteiger partial charge in [0.25, 0.3) is 5.91 Å². The fourth-order valence-electron chi connectivity index (χ4n) is 3.03. The molecule has 0 aliphatic carbocycles. The molecule has 3 rings (SSSR count). The van der Waals surface area contributed by atoms with Crippen LogP contribution in [0.3, 0.4) is 0 Å². The second-order valence-corrected chi connectivity index (χ2v) is 8.38. The Balaban J connectivity index is 1.73. The predicted molar refractivity (Wildman–Crippen MR) is 112 cm³/mol. The van der Waals surface area contributed by atoms with E-state index in [9.17, 15) is 18.0 Å². The van der Waals surface area contributed by atoms with Crippen molar-refractivity contribution in [1.82, 2.24) is 10.3 Å². The van der Waals surface area contributed by atoms with Crippen molar-refractivity contribution in [3.8, 4) is 0 Å². The fraction of sp³-hybridized carbons (Fsp3) is 0.429. The van der Waals surface area contributed by atoms with Crippen molar-refractivity contribution in [2.45, 2.75) is 51.6 Å². The number of rotatable bonds is 5. The summed E-state index contributed by atoms with van der Waals surface area (Å²) in [5.74, 6) is -0.584. The second kappa shape index (κ2) is 8.16. The third-order valence-corrected chi connectivity index (χ3v) is 5.65. The minimum absolute atomic E-state index is 0.0717. The van der Waals surface area contributed by atoms with Gasteiger partial charge in [0, 0.05) is 19.8 Å². The molecule has 6 nitrogen and oxygen atoms in total. The molecule has 1 amide bonds. The minimum atomic E-state index is -4.59. The summed E-state index contributed by atoms with van der Waals surface area (Å²) < 4.78 is 51.0. The van der Waals surface area contributed by atoms with E-state index < -0.39 is 36.0 Å². The maximum atomic E-state index is 13.0. The van der Waals surface area contributed by atoms with Gasteiger partial charge in [-0.05, 0) is 44.8 Å². The predicted octanol–water partition coefficient (Wildman–Crippen LogP) is 3.37. The van der Waals surface area contributed by atoms with Crippen LogP contribution in [0.2, 0.25) is 0 Å². The number of alkyl halides is 3. The summed E-state index contributed by atoms with van der Waals surface area (Å²) in [6.45, 7) is 8.18. The van der Waals surface area contributed by atoms with Gasteiger partial charge in [-0.25, -0.2) is 4.98 Å². The normalized spacial score (nSPS) is 17.5. The number of halogens is 3. The smallest absolute Gasteiger partial charge is 0.399 e. The molecular formula is C21H25BF3N3O3. The number of nitrogens with one attached hydrogen (secondary N) is 2. The number of carbonyl (C=O) groups excluding carboxylic acids is 1. The third-order valence-electron chi connectivity index (χ3n) is 5.65. The Morgan fingerprint density at radius 3 is 2.19 bits per heavy atom. The SMILES string of the molecule is CNC(=O)c1cc(C(F)(F)F)cnc1NCc1ccc(B2OC(C)(C)C(C)(C)O2)cc1. The lowest BCUT2D eigenvalue weighted by Gasteiger charge is -2.32. The van der Waals surface area contributed by atoms with Crippen molar-refractivity contribution in [2.24, 2.45) is 0 Å². The summed E-state index contributed by atoms with van der Waals surface area (Å²) >= 11 is 0. The first-order chi connectivity index (χ1) is 14.3. The molecule has 0 bridgehead atoms. The average Bonchev–Trinajstić information content (AvgIpc) is 2.92. The zero-order valence-electron chi connectivity index (χ0n) is 18.1.